The van der Waals surface area contributed by atoms with Crippen molar-refractivity contribution in [1.29, 1.82) is 0 Å². The number of carbonyl (C=O) groups is 1. The third-order valence-electron chi connectivity index (χ3n) is 3.30. The molecule has 2 heterocycles. The molecule has 0 atom stereocenters. The minimum absolute atomic E-state index is 0.144. The molecule has 0 fully saturated rings. The number of pyridine rings is 1. The quantitative estimate of drug-likeness (QED) is 0.803. The zero-order valence-electron chi connectivity index (χ0n) is 12.1. The Bertz CT molecular complexity index is 767. The lowest BCUT2D eigenvalue weighted by atomic mass is 10.0. The lowest BCUT2D eigenvalue weighted by Crippen LogP contribution is -2.23. The van der Waals surface area contributed by atoms with Crippen molar-refractivity contribution in [1.82, 2.24) is 15.3 Å². The van der Waals surface area contributed by atoms with Crippen molar-refractivity contribution < 1.29 is 4.79 Å². The van der Waals surface area contributed by atoms with Crippen LogP contribution in [0.5, 0.6) is 0 Å². The van der Waals surface area contributed by atoms with Crippen LogP contribution in [0.15, 0.2) is 53.6 Å². The standard InChI is InChI=1S/C17H15N3OS/c1-12-2-4-13(5-3-12)14-6-15(8-18-7-14)17(21)19-9-16-10-22-11-20-16/h2-8,10-11H,9H2,1H3,(H,19,21). The largest absolute Gasteiger partial charge is 0.346 e. The summed E-state index contributed by atoms with van der Waals surface area (Å²) in [7, 11) is 0. The molecule has 0 aliphatic heterocycles. The molecule has 0 aliphatic rings. The maximum absolute atomic E-state index is 12.2. The molecule has 110 valence electrons. The van der Waals surface area contributed by atoms with E-state index in [1.165, 1.54) is 16.9 Å². The van der Waals surface area contributed by atoms with Gasteiger partial charge < -0.3 is 5.32 Å². The van der Waals surface area contributed by atoms with Gasteiger partial charge in [0, 0.05) is 23.3 Å². The lowest BCUT2D eigenvalue weighted by molar-refractivity contribution is 0.0950. The lowest BCUT2D eigenvalue weighted by Gasteiger charge is -2.06. The van der Waals surface area contributed by atoms with Crippen LogP contribution in [-0.2, 0) is 6.54 Å². The van der Waals surface area contributed by atoms with Crippen molar-refractivity contribution in [3.8, 4) is 11.1 Å². The minimum Gasteiger partial charge on any atom is -0.346 e. The second-order valence-electron chi connectivity index (χ2n) is 4.99. The van der Waals surface area contributed by atoms with E-state index < -0.39 is 0 Å². The number of hydrogen-bond acceptors (Lipinski definition) is 4. The number of carbonyl (C=O) groups excluding carboxylic acids is 1. The van der Waals surface area contributed by atoms with Crippen LogP contribution in [0.3, 0.4) is 0 Å². The van der Waals surface area contributed by atoms with E-state index in [0.29, 0.717) is 12.1 Å². The fraction of sp³-hybridized carbons (Fsp3) is 0.118. The summed E-state index contributed by atoms with van der Waals surface area (Å²) in [5.41, 5.74) is 6.35. The molecule has 0 radical (unpaired) electrons. The van der Waals surface area contributed by atoms with Gasteiger partial charge in [-0.15, -0.1) is 11.3 Å². The Morgan fingerprint density at radius 1 is 1.18 bits per heavy atom. The summed E-state index contributed by atoms with van der Waals surface area (Å²) in [4.78, 5) is 20.5. The fourth-order valence-corrected chi connectivity index (χ4v) is 2.62. The average molecular weight is 309 g/mol. The van der Waals surface area contributed by atoms with Gasteiger partial charge in [-0.1, -0.05) is 29.8 Å². The molecule has 4 nitrogen and oxygen atoms in total. The van der Waals surface area contributed by atoms with Gasteiger partial charge in [0.05, 0.1) is 23.3 Å². The maximum Gasteiger partial charge on any atom is 0.253 e. The molecule has 0 saturated carbocycles. The highest BCUT2D eigenvalue weighted by molar-refractivity contribution is 7.07. The van der Waals surface area contributed by atoms with E-state index in [4.69, 9.17) is 0 Å². The third-order valence-corrected chi connectivity index (χ3v) is 3.93. The molecular weight excluding hydrogens is 294 g/mol. The van der Waals surface area contributed by atoms with Gasteiger partial charge in [0.15, 0.2) is 0 Å². The van der Waals surface area contributed by atoms with Crippen LogP contribution in [0.1, 0.15) is 21.6 Å². The molecule has 3 aromatic rings. The highest BCUT2D eigenvalue weighted by Crippen LogP contribution is 2.19. The van der Waals surface area contributed by atoms with Crippen LogP contribution < -0.4 is 5.32 Å². The van der Waals surface area contributed by atoms with Gasteiger partial charge in [0.1, 0.15) is 0 Å². The van der Waals surface area contributed by atoms with E-state index in [2.05, 4.69) is 15.3 Å². The number of thiazole rings is 1. The van der Waals surface area contributed by atoms with E-state index in [9.17, 15) is 4.79 Å². The highest BCUT2D eigenvalue weighted by atomic mass is 32.1. The molecule has 0 unspecified atom stereocenters. The average Bonchev–Trinajstić information content (AvgIpc) is 3.07. The first-order chi connectivity index (χ1) is 10.7. The number of hydrogen-bond donors (Lipinski definition) is 1. The summed E-state index contributed by atoms with van der Waals surface area (Å²) in [5, 5.41) is 4.77. The summed E-state index contributed by atoms with van der Waals surface area (Å²) >= 11 is 1.51. The summed E-state index contributed by atoms with van der Waals surface area (Å²) in [6.07, 6.45) is 3.34. The van der Waals surface area contributed by atoms with Crippen molar-refractivity contribution in [2.24, 2.45) is 0 Å². The van der Waals surface area contributed by atoms with Crippen molar-refractivity contribution in [2.45, 2.75) is 13.5 Å². The number of rotatable bonds is 4. The normalized spacial score (nSPS) is 10.4. The molecule has 1 amide bonds. The minimum atomic E-state index is -0.144. The van der Waals surface area contributed by atoms with Crippen LogP contribution in [0.2, 0.25) is 0 Å². The molecule has 2 aromatic heterocycles. The van der Waals surface area contributed by atoms with Gasteiger partial charge in [-0.25, -0.2) is 4.98 Å². The van der Waals surface area contributed by atoms with Crippen molar-refractivity contribution in [3.63, 3.8) is 0 Å². The monoisotopic (exact) mass is 309 g/mol. The number of amides is 1. The molecule has 22 heavy (non-hydrogen) atoms. The Labute approximate surface area is 132 Å². The van der Waals surface area contributed by atoms with Gasteiger partial charge in [0.2, 0.25) is 0 Å². The Kier molecular flexibility index (Phi) is 4.25. The predicted octanol–water partition coefficient (Wildman–Crippen LogP) is 3.44. The summed E-state index contributed by atoms with van der Waals surface area (Å²) in [5.74, 6) is -0.144. The summed E-state index contributed by atoms with van der Waals surface area (Å²) in [6.45, 7) is 2.47. The van der Waals surface area contributed by atoms with E-state index in [1.54, 1.807) is 17.9 Å². The summed E-state index contributed by atoms with van der Waals surface area (Å²) in [6, 6.07) is 10.0. The van der Waals surface area contributed by atoms with Crippen LogP contribution in [0.4, 0.5) is 0 Å². The van der Waals surface area contributed by atoms with E-state index in [1.807, 2.05) is 42.6 Å². The molecule has 0 saturated heterocycles. The van der Waals surface area contributed by atoms with E-state index in [-0.39, 0.29) is 5.91 Å². The zero-order chi connectivity index (χ0) is 15.4. The molecule has 1 aromatic carbocycles. The van der Waals surface area contributed by atoms with Crippen LogP contribution >= 0.6 is 11.3 Å². The Morgan fingerprint density at radius 2 is 2.00 bits per heavy atom. The van der Waals surface area contributed by atoms with Gasteiger partial charge in [-0.05, 0) is 18.6 Å². The second-order valence-corrected chi connectivity index (χ2v) is 5.71. The molecule has 1 N–H and O–H groups in total. The molecule has 0 bridgehead atoms. The molecule has 5 heteroatoms. The molecule has 3 rings (SSSR count). The van der Waals surface area contributed by atoms with Gasteiger partial charge >= 0.3 is 0 Å². The molecular formula is C17H15N3OS. The van der Waals surface area contributed by atoms with E-state index >= 15 is 0 Å². The number of nitrogens with one attached hydrogen (secondary N) is 1. The van der Waals surface area contributed by atoms with Gasteiger partial charge in [-0.3, -0.25) is 9.78 Å². The van der Waals surface area contributed by atoms with E-state index in [0.717, 1.165) is 16.8 Å². The zero-order valence-corrected chi connectivity index (χ0v) is 12.9. The molecule has 0 aliphatic carbocycles. The highest BCUT2D eigenvalue weighted by Gasteiger charge is 2.08. The maximum atomic E-state index is 12.2. The number of nitrogens with zero attached hydrogens (tertiary/aromatic N) is 2. The first kappa shape index (κ1) is 14.4. The third kappa shape index (κ3) is 3.38. The predicted molar refractivity (Wildman–Crippen MR) is 87.7 cm³/mol. The first-order valence-corrected chi connectivity index (χ1v) is 7.84. The molecule has 0 spiro atoms. The Morgan fingerprint density at radius 3 is 2.73 bits per heavy atom. The van der Waals surface area contributed by atoms with Gasteiger partial charge in [0.25, 0.3) is 5.91 Å². The SMILES string of the molecule is Cc1ccc(-c2cncc(C(=O)NCc3cscn3)c2)cc1. The first-order valence-electron chi connectivity index (χ1n) is 6.90. The van der Waals surface area contributed by atoms with Crippen LogP contribution in [-0.4, -0.2) is 15.9 Å². The topological polar surface area (TPSA) is 54.9 Å². The van der Waals surface area contributed by atoms with Crippen LogP contribution in [0.25, 0.3) is 11.1 Å². The Balaban J connectivity index is 1.75. The number of benzene rings is 1. The van der Waals surface area contributed by atoms with Gasteiger partial charge in [-0.2, -0.15) is 0 Å². The van der Waals surface area contributed by atoms with Crippen LogP contribution in [0, 0.1) is 6.92 Å². The smallest absolute Gasteiger partial charge is 0.253 e. The number of aryl methyl sites for hydroxylation is 1. The second kappa shape index (κ2) is 6.49. The van der Waals surface area contributed by atoms with Crippen molar-refractivity contribution >= 4 is 17.2 Å². The summed E-state index contributed by atoms with van der Waals surface area (Å²) < 4.78 is 0. The fourth-order valence-electron chi connectivity index (χ4n) is 2.07. The number of aromatic nitrogens is 2. The van der Waals surface area contributed by atoms with Crippen molar-refractivity contribution in [3.05, 3.63) is 70.4 Å². The van der Waals surface area contributed by atoms with Crippen molar-refractivity contribution in [2.75, 3.05) is 0 Å². The Hall–Kier alpha value is -2.53.